The number of nitriles is 1. The summed E-state index contributed by atoms with van der Waals surface area (Å²) >= 11 is 1.65. The third kappa shape index (κ3) is 2.27. The third-order valence-electron chi connectivity index (χ3n) is 2.29. The zero-order valence-electron chi connectivity index (χ0n) is 9.42. The summed E-state index contributed by atoms with van der Waals surface area (Å²) in [5.74, 6) is 1.57. The van der Waals surface area contributed by atoms with Crippen LogP contribution >= 0.6 is 11.8 Å². The van der Waals surface area contributed by atoms with Crippen molar-refractivity contribution in [3.8, 4) is 11.8 Å². The van der Waals surface area contributed by atoms with Crippen LogP contribution in [0.15, 0.2) is 35.4 Å². The molecule has 0 unspecified atom stereocenters. The Bertz CT molecular complexity index is 568. The number of hydrogen-bond donors (Lipinski definition) is 1. The molecule has 2 aromatic rings. The Labute approximate surface area is 104 Å². The number of nitrogens with zero attached hydrogens (tertiary/aromatic N) is 3. The lowest BCUT2D eigenvalue weighted by Gasteiger charge is -2.04. The van der Waals surface area contributed by atoms with Crippen molar-refractivity contribution in [1.29, 1.82) is 5.26 Å². The van der Waals surface area contributed by atoms with Crippen LogP contribution in [-0.4, -0.2) is 15.5 Å². The second-order valence-corrected chi connectivity index (χ2v) is 4.71. The minimum absolute atomic E-state index is 0.599. The fraction of sp³-hybridized carbons (Fsp3) is 0.167. The van der Waals surface area contributed by atoms with Crippen molar-refractivity contribution in [2.75, 3.05) is 11.5 Å². The first kappa shape index (κ1) is 11.6. The summed E-state index contributed by atoms with van der Waals surface area (Å²) in [6.07, 6.45) is 1.75. The molecule has 0 radical (unpaired) electrons. The van der Waals surface area contributed by atoms with Crippen molar-refractivity contribution in [2.45, 2.75) is 11.8 Å². The summed E-state index contributed by atoms with van der Waals surface area (Å²) in [6.45, 7) is 2.07. The van der Waals surface area contributed by atoms with Gasteiger partial charge in [-0.25, -0.2) is 4.68 Å². The maximum atomic E-state index is 8.85. The molecule has 1 aromatic carbocycles. The monoisotopic (exact) mass is 244 g/mol. The summed E-state index contributed by atoms with van der Waals surface area (Å²) in [4.78, 5) is 0.967. The van der Waals surface area contributed by atoms with Crippen LogP contribution < -0.4 is 5.73 Å². The van der Waals surface area contributed by atoms with Gasteiger partial charge < -0.3 is 5.73 Å². The maximum absolute atomic E-state index is 8.85. The first-order valence-corrected chi connectivity index (χ1v) is 6.21. The van der Waals surface area contributed by atoms with Crippen molar-refractivity contribution >= 4 is 17.6 Å². The highest BCUT2D eigenvalue weighted by atomic mass is 32.2. The van der Waals surface area contributed by atoms with Gasteiger partial charge in [0.1, 0.15) is 5.82 Å². The van der Waals surface area contributed by atoms with Crippen LogP contribution in [0.3, 0.4) is 0 Å². The van der Waals surface area contributed by atoms with E-state index in [2.05, 4.69) is 18.1 Å². The van der Waals surface area contributed by atoms with Gasteiger partial charge in [0.2, 0.25) is 0 Å². The van der Waals surface area contributed by atoms with Crippen molar-refractivity contribution in [3.05, 3.63) is 36.0 Å². The summed E-state index contributed by atoms with van der Waals surface area (Å²) < 4.78 is 1.65. The molecule has 1 heterocycles. The van der Waals surface area contributed by atoms with E-state index in [1.165, 1.54) is 0 Å². The topological polar surface area (TPSA) is 67.6 Å². The highest BCUT2D eigenvalue weighted by Crippen LogP contribution is 2.26. The molecule has 2 rings (SSSR count). The Morgan fingerprint density at radius 1 is 1.53 bits per heavy atom. The number of thioether (sulfide) groups is 1. The molecular formula is C12H12N4S. The molecule has 0 saturated carbocycles. The fourth-order valence-corrected chi connectivity index (χ4v) is 2.19. The van der Waals surface area contributed by atoms with E-state index in [0.717, 1.165) is 16.3 Å². The molecule has 17 heavy (non-hydrogen) atoms. The van der Waals surface area contributed by atoms with Crippen LogP contribution in [0.4, 0.5) is 5.82 Å². The summed E-state index contributed by atoms with van der Waals surface area (Å²) in [7, 11) is 0. The SMILES string of the molecule is CCSc1cnn(-c2cccc(C#N)c2)c1N. The molecule has 86 valence electrons. The minimum atomic E-state index is 0.599. The number of rotatable bonds is 3. The maximum Gasteiger partial charge on any atom is 0.140 e. The molecular weight excluding hydrogens is 232 g/mol. The van der Waals surface area contributed by atoms with Gasteiger partial charge in [-0.1, -0.05) is 13.0 Å². The first-order valence-electron chi connectivity index (χ1n) is 5.23. The molecule has 0 fully saturated rings. The lowest BCUT2D eigenvalue weighted by molar-refractivity contribution is 0.890. The number of nitrogen functional groups attached to an aromatic ring is 1. The Balaban J connectivity index is 2.43. The van der Waals surface area contributed by atoms with Gasteiger partial charge in [0, 0.05) is 0 Å². The molecule has 4 nitrogen and oxygen atoms in total. The summed E-state index contributed by atoms with van der Waals surface area (Å²) in [6, 6.07) is 9.32. The second-order valence-electron chi connectivity index (χ2n) is 3.40. The molecule has 1 aromatic heterocycles. The van der Waals surface area contributed by atoms with Crippen LogP contribution in [-0.2, 0) is 0 Å². The second kappa shape index (κ2) is 4.93. The quantitative estimate of drug-likeness (QED) is 0.842. The molecule has 2 N–H and O–H groups in total. The average Bonchev–Trinajstić information content (AvgIpc) is 2.72. The van der Waals surface area contributed by atoms with Gasteiger partial charge in [-0.15, -0.1) is 11.8 Å². The minimum Gasteiger partial charge on any atom is -0.383 e. The van der Waals surface area contributed by atoms with E-state index in [4.69, 9.17) is 11.0 Å². The molecule has 0 spiro atoms. The third-order valence-corrected chi connectivity index (χ3v) is 3.20. The number of aromatic nitrogens is 2. The van der Waals surface area contributed by atoms with E-state index in [1.54, 1.807) is 34.8 Å². The number of hydrogen-bond acceptors (Lipinski definition) is 4. The van der Waals surface area contributed by atoms with Gasteiger partial charge in [0.25, 0.3) is 0 Å². The Morgan fingerprint density at radius 2 is 2.35 bits per heavy atom. The van der Waals surface area contributed by atoms with Crippen molar-refractivity contribution in [1.82, 2.24) is 9.78 Å². The Hall–Kier alpha value is -1.93. The van der Waals surface area contributed by atoms with E-state index < -0.39 is 0 Å². The highest BCUT2D eigenvalue weighted by Gasteiger charge is 2.08. The molecule has 0 saturated heterocycles. The molecule has 0 aliphatic carbocycles. The smallest absolute Gasteiger partial charge is 0.140 e. The molecule has 0 aliphatic heterocycles. The van der Waals surface area contributed by atoms with Crippen LogP contribution in [0.1, 0.15) is 12.5 Å². The lowest BCUT2D eigenvalue weighted by Crippen LogP contribution is -2.02. The Morgan fingerprint density at radius 3 is 3.06 bits per heavy atom. The van der Waals surface area contributed by atoms with E-state index in [9.17, 15) is 0 Å². The number of benzene rings is 1. The zero-order valence-corrected chi connectivity index (χ0v) is 10.2. The van der Waals surface area contributed by atoms with Crippen LogP contribution in [0.25, 0.3) is 5.69 Å². The standard InChI is InChI=1S/C12H12N4S/c1-2-17-11-8-15-16(12(11)14)10-5-3-4-9(6-10)7-13/h3-6,8H,2,14H2,1H3. The highest BCUT2D eigenvalue weighted by molar-refractivity contribution is 7.99. The van der Waals surface area contributed by atoms with Crippen molar-refractivity contribution in [2.24, 2.45) is 0 Å². The van der Waals surface area contributed by atoms with Gasteiger partial charge in [-0.3, -0.25) is 0 Å². The number of nitrogens with two attached hydrogens (primary N) is 1. The molecule has 0 atom stereocenters. The normalized spacial score (nSPS) is 10.1. The van der Waals surface area contributed by atoms with Crippen LogP contribution in [0.5, 0.6) is 0 Å². The van der Waals surface area contributed by atoms with Gasteiger partial charge in [0.05, 0.1) is 28.4 Å². The zero-order chi connectivity index (χ0) is 12.3. The van der Waals surface area contributed by atoms with E-state index >= 15 is 0 Å². The van der Waals surface area contributed by atoms with Gasteiger partial charge in [0.15, 0.2) is 0 Å². The predicted octanol–water partition coefficient (Wildman–Crippen LogP) is 2.44. The predicted molar refractivity (Wildman–Crippen MR) is 69.1 cm³/mol. The first-order chi connectivity index (χ1) is 8.26. The molecule has 0 amide bonds. The van der Waals surface area contributed by atoms with Gasteiger partial charge in [-0.05, 0) is 24.0 Å². The lowest BCUT2D eigenvalue weighted by atomic mass is 10.2. The largest absolute Gasteiger partial charge is 0.383 e. The van der Waals surface area contributed by atoms with E-state index in [1.807, 2.05) is 12.1 Å². The van der Waals surface area contributed by atoms with Crippen LogP contribution in [0, 0.1) is 11.3 Å². The van der Waals surface area contributed by atoms with Crippen LogP contribution in [0.2, 0.25) is 0 Å². The molecule has 0 aliphatic rings. The van der Waals surface area contributed by atoms with Gasteiger partial charge in [-0.2, -0.15) is 10.4 Å². The van der Waals surface area contributed by atoms with Gasteiger partial charge >= 0.3 is 0 Å². The molecule has 5 heteroatoms. The summed E-state index contributed by atoms with van der Waals surface area (Å²) in [5.41, 5.74) is 7.42. The van der Waals surface area contributed by atoms with Crippen molar-refractivity contribution < 1.29 is 0 Å². The Kier molecular flexibility index (Phi) is 3.35. The average molecular weight is 244 g/mol. The van der Waals surface area contributed by atoms with E-state index in [0.29, 0.717) is 11.4 Å². The fourth-order valence-electron chi connectivity index (χ4n) is 1.52. The summed E-state index contributed by atoms with van der Waals surface area (Å²) in [5, 5.41) is 13.1. The molecule has 0 bridgehead atoms. The number of anilines is 1. The van der Waals surface area contributed by atoms with Crippen molar-refractivity contribution in [3.63, 3.8) is 0 Å². The van der Waals surface area contributed by atoms with E-state index in [-0.39, 0.29) is 0 Å².